The van der Waals surface area contributed by atoms with Crippen LogP contribution in [0.3, 0.4) is 0 Å². The van der Waals surface area contributed by atoms with Crippen molar-refractivity contribution in [3.63, 3.8) is 0 Å². The van der Waals surface area contributed by atoms with E-state index in [1.807, 2.05) is 0 Å². The Balaban J connectivity index is 0.000000490. The molecule has 0 aromatic rings. The molecular formula is C5H11O2S. The molecule has 8 heavy (non-hydrogen) atoms. The molecule has 0 aliphatic carbocycles. The molecule has 0 atom stereocenters. The lowest BCUT2D eigenvalue weighted by Crippen LogP contribution is -1.98. The van der Waals surface area contributed by atoms with Gasteiger partial charge in [0.2, 0.25) is 0 Å². The van der Waals surface area contributed by atoms with Gasteiger partial charge < -0.3 is 0 Å². The van der Waals surface area contributed by atoms with E-state index in [0.717, 1.165) is 12.8 Å². The standard InChI is InChI=1S/C4H8O2S.CH3/c5-7(6)3-1-2-4-7;/h1-4H2;1H3. The first-order valence-corrected chi connectivity index (χ1v) is 4.23. The molecule has 0 saturated carbocycles. The topological polar surface area (TPSA) is 34.1 Å². The van der Waals surface area contributed by atoms with Gasteiger partial charge in [-0.1, -0.05) is 7.43 Å². The van der Waals surface area contributed by atoms with E-state index in [1.165, 1.54) is 0 Å². The van der Waals surface area contributed by atoms with Crippen LogP contribution in [0.25, 0.3) is 0 Å². The van der Waals surface area contributed by atoms with E-state index < -0.39 is 9.84 Å². The molecule has 1 rings (SSSR count). The lowest BCUT2D eigenvalue weighted by atomic mass is 10.4. The Kier molecular flexibility index (Phi) is 2.47. The first-order valence-electron chi connectivity index (χ1n) is 2.41. The van der Waals surface area contributed by atoms with Crippen molar-refractivity contribution in [2.75, 3.05) is 11.5 Å². The molecule has 1 heterocycles. The fourth-order valence-corrected chi connectivity index (χ4v) is 2.24. The monoisotopic (exact) mass is 135 g/mol. The van der Waals surface area contributed by atoms with Crippen molar-refractivity contribution in [3.05, 3.63) is 7.43 Å². The fraction of sp³-hybridized carbons (Fsp3) is 0.800. The van der Waals surface area contributed by atoms with Gasteiger partial charge in [0, 0.05) is 0 Å². The zero-order chi connectivity index (χ0) is 5.33. The third kappa shape index (κ3) is 1.82. The van der Waals surface area contributed by atoms with Crippen LogP contribution in [-0.4, -0.2) is 19.9 Å². The minimum atomic E-state index is -2.55. The van der Waals surface area contributed by atoms with Crippen molar-refractivity contribution in [1.82, 2.24) is 0 Å². The highest BCUT2D eigenvalue weighted by atomic mass is 32.2. The smallest absolute Gasteiger partial charge is 0.150 e. The summed E-state index contributed by atoms with van der Waals surface area (Å²) < 4.78 is 20.9. The maximum Gasteiger partial charge on any atom is 0.150 e. The van der Waals surface area contributed by atoms with Gasteiger partial charge in [-0.15, -0.1) is 0 Å². The van der Waals surface area contributed by atoms with Crippen molar-refractivity contribution in [2.24, 2.45) is 0 Å². The molecular weight excluding hydrogens is 124 g/mol. The molecule has 3 heteroatoms. The molecule has 0 amide bonds. The second-order valence-corrected chi connectivity index (χ2v) is 4.16. The largest absolute Gasteiger partial charge is 0.229 e. The van der Waals surface area contributed by atoms with Gasteiger partial charge in [-0.3, -0.25) is 0 Å². The van der Waals surface area contributed by atoms with Gasteiger partial charge in [-0.05, 0) is 12.8 Å². The zero-order valence-electron chi connectivity index (χ0n) is 5.05. The summed E-state index contributed by atoms with van der Waals surface area (Å²) >= 11 is 0. The van der Waals surface area contributed by atoms with Crippen molar-refractivity contribution in [1.29, 1.82) is 0 Å². The highest BCUT2D eigenvalue weighted by molar-refractivity contribution is 7.91. The summed E-state index contributed by atoms with van der Waals surface area (Å²) in [5.74, 6) is 0.847. The molecule has 0 aromatic heterocycles. The van der Waals surface area contributed by atoms with E-state index in [4.69, 9.17) is 0 Å². The second kappa shape index (κ2) is 2.49. The lowest BCUT2D eigenvalue weighted by molar-refractivity contribution is 0.602. The Hall–Kier alpha value is -0.0500. The molecule has 1 fully saturated rings. The van der Waals surface area contributed by atoms with Crippen LogP contribution in [0.15, 0.2) is 0 Å². The maximum absolute atomic E-state index is 10.4. The quantitative estimate of drug-likeness (QED) is 0.488. The zero-order valence-corrected chi connectivity index (χ0v) is 5.87. The minimum absolute atomic E-state index is 0. The van der Waals surface area contributed by atoms with Crippen molar-refractivity contribution in [2.45, 2.75) is 12.8 Å². The van der Waals surface area contributed by atoms with Crippen LogP contribution in [0.5, 0.6) is 0 Å². The normalized spacial score (nSPS) is 24.5. The molecule has 0 N–H and O–H groups in total. The van der Waals surface area contributed by atoms with Gasteiger partial charge in [-0.25, -0.2) is 8.42 Å². The van der Waals surface area contributed by atoms with Gasteiger partial charge in [0.1, 0.15) is 9.84 Å². The van der Waals surface area contributed by atoms with E-state index >= 15 is 0 Å². The van der Waals surface area contributed by atoms with Crippen LogP contribution in [0.1, 0.15) is 12.8 Å². The van der Waals surface area contributed by atoms with Crippen LogP contribution in [0.2, 0.25) is 0 Å². The predicted molar refractivity (Wildman–Crippen MR) is 34.3 cm³/mol. The second-order valence-electron chi connectivity index (χ2n) is 1.86. The minimum Gasteiger partial charge on any atom is -0.229 e. The van der Waals surface area contributed by atoms with Crippen LogP contribution < -0.4 is 0 Å². The summed E-state index contributed by atoms with van der Waals surface area (Å²) in [5, 5.41) is 0. The molecule has 0 spiro atoms. The average Bonchev–Trinajstić information content (AvgIpc) is 1.84. The van der Waals surface area contributed by atoms with Gasteiger partial charge in [0.05, 0.1) is 11.5 Å². The van der Waals surface area contributed by atoms with Crippen LogP contribution in [-0.2, 0) is 9.84 Å². The summed E-state index contributed by atoms with van der Waals surface area (Å²) in [5.41, 5.74) is 0. The van der Waals surface area contributed by atoms with Crippen LogP contribution >= 0.6 is 0 Å². The Bertz CT molecular complexity index is 134. The fourth-order valence-electron chi connectivity index (χ4n) is 0.746. The van der Waals surface area contributed by atoms with Gasteiger partial charge in [-0.2, -0.15) is 0 Å². The number of sulfone groups is 1. The highest BCUT2D eigenvalue weighted by Gasteiger charge is 2.16. The Morgan fingerprint density at radius 2 is 1.38 bits per heavy atom. The molecule has 1 aliphatic rings. The summed E-state index contributed by atoms with van der Waals surface area (Å²) in [7, 11) is -2.55. The average molecular weight is 135 g/mol. The molecule has 1 radical (unpaired) electrons. The van der Waals surface area contributed by atoms with Crippen molar-refractivity contribution >= 4 is 9.84 Å². The Labute approximate surface area is 50.8 Å². The molecule has 0 aromatic carbocycles. The first kappa shape index (κ1) is 7.95. The first-order chi connectivity index (χ1) is 3.21. The third-order valence-corrected chi connectivity index (χ3v) is 2.98. The van der Waals surface area contributed by atoms with E-state index in [9.17, 15) is 8.42 Å². The molecule has 2 nitrogen and oxygen atoms in total. The van der Waals surface area contributed by atoms with E-state index in [1.54, 1.807) is 0 Å². The van der Waals surface area contributed by atoms with Gasteiger partial charge in [0.25, 0.3) is 0 Å². The third-order valence-electron chi connectivity index (χ3n) is 1.16. The molecule has 0 unspecified atom stereocenters. The number of rotatable bonds is 0. The summed E-state index contributed by atoms with van der Waals surface area (Å²) in [4.78, 5) is 0. The molecule has 1 saturated heterocycles. The van der Waals surface area contributed by atoms with E-state index in [2.05, 4.69) is 0 Å². The molecule has 49 valence electrons. The summed E-state index contributed by atoms with van der Waals surface area (Å²) in [6, 6.07) is 0. The number of hydrogen-bond acceptors (Lipinski definition) is 2. The van der Waals surface area contributed by atoms with Crippen LogP contribution in [0, 0.1) is 7.43 Å². The van der Waals surface area contributed by atoms with Gasteiger partial charge >= 0.3 is 0 Å². The highest BCUT2D eigenvalue weighted by Crippen LogP contribution is 2.08. The molecule has 0 bridgehead atoms. The maximum atomic E-state index is 10.4. The lowest BCUT2D eigenvalue weighted by Gasteiger charge is -1.81. The van der Waals surface area contributed by atoms with Crippen molar-refractivity contribution in [3.8, 4) is 0 Å². The predicted octanol–water partition coefficient (Wildman–Crippen LogP) is 0.645. The molecule has 1 aliphatic heterocycles. The Morgan fingerprint density at radius 3 is 1.50 bits per heavy atom. The van der Waals surface area contributed by atoms with Crippen LogP contribution in [0.4, 0.5) is 0 Å². The van der Waals surface area contributed by atoms with E-state index in [0.29, 0.717) is 11.5 Å². The van der Waals surface area contributed by atoms with Gasteiger partial charge in [0.15, 0.2) is 0 Å². The Morgan fingerprint density at radius 1 is 1.00 bits per heavy atom. The van der Waals surface area contributed by atoms with E-state index in [-0.39, 0.29) is 7.43 Å². The number of hydrogen-bond donors (Lipinski definition) is 0. The van der Waals surface area contributed by atoms with Crippen molar-refractivity contribution < 1.29 is 8.42 Å². The SMILES string of the molecule is O=S1(=O)CCCC1.[CH3]. The summed E-state index contributed by atoms with van der Waals surface area (Å²) in [6.07, 6.45) is 1.75. The summed E-state index contributed by atoms with van der Waals surface area (Å²) in [6.45, 7) is 0.